The summed E-state index contributed by atoms with van der Waals surface area (Å²) >= 11 is 1.34. The third-order valence-corrected chi connectivity index (χ3v) is 3.29. The molecule has 2 atom stereocenters. The van der Waals surface area contributed by atoms with Crippen LogP contribution >= 0.6 is 11.3 Å². The number of nitrogens with one attached hydrogen (secondary N) is 1. The molecule has 0 fully saturated rings. The van der Waals surface area contributed by atoms with Crippen LogP contribution in [0.25, 0.3) is 0 Å². The van der Waals surface area contributed by atoms with Crippen molar-refractivity contribution in [3.63, 3.8) is 0 Å². The van der Waals surface area contributed by atoms with E-state index in [-0.39, 0.29) is 0 Å². The Bertz CT molecular complexity index is 488. The zero-order valence-electron chi connectivity index (χ0n) is 11.1. The van der Waals surface area contributed by atoms with E-state index in [1.807, 2.05) is 0 Å². The molecule has 110 valence electrons. The van der Waals surface area contributed by atoms with Crippen LogP contribution in [0.15, 0.2) is 16.8 Å². The highest BCUT2D eigenvalue weighted by molar-refractivity contribution is 7.08. The molecule has 1 heterocycles. The van der Waals surface area contributed by atoms with Crippen LogP contribution in [0.2, 0.25) is 0 Å². The molecule has 1 aromatic rings. The van der Waals surface area contributed by atoms with Crippen molar-refractivity contribution in [1.29, 1.82) is 0 Å². The number of hydrogen-bond donors (Lipinski definition) is 3. The Kier molecular flexibility index (Phi) is 5.66. The number of aliphatic carboxylic acids is 2. The second-order valence-electron chi connectivity index (χ2n) is 4.25. The summed E-state index contributed by atoms with van der Waals surface area (Å²) in [4.78, 5) is 35.0. The summed E-state index contributed by atoms with van der Waals surface area (Å²) in [6, 6.07) is -0.0674. The lowest BCUT2D eigenvalue weighted by Crippen LogP contribution is -2.51. The highest BCUT2D eigenvalue weighted by Crippen LogP contribution is 2.19. The molecule has 1 aromatic heterocycles. The number of amides is 1. The molecule has 0 radical (unpaired) electrons. The maximum Gasteiger partial charge on any atom is 0.323 e. The first-order valence-corrected chi connectivity index (χ1v) is 6.81. The quantitative estimate of drug-likeness (QED) is 0.681. The van der Waals surface area contributed by atoms with E-state index in [9.17, 15) is 14.4 Å². The van der Waals surface area contributed by atoms with Crippen LogP contribution in [0, 0.1) is 0 Å². The number of nitrogens with zero attached hydrogens (tertiary/aromatic N) is 1. The molecule has 0 bridgehead atoms. The van der Waals surface area contributed by atoms with Gasteiger partial charge in [0, 0.05) is 5.38 Å². The van der Waals surface area contributed by atoms with Crippen molar-refractivity contribution < 1.29 is 24.6 Å². The minimum absolute atomic E-state index is 0.469. The summed E-state index contributed by atoms with van der Waals surface area (Å²) in [6.07, 6.45) is 0. The molecule has 0 saturated heterocycles. The maximum atomic E-state index is 12.2. The van der Waals surface area contributed by atoms with E-state index >= 15 is 0 Å². The Hall–Kier alpha value is -1.93. The molecular weight excluding hydrogens is 284 g/mol. The van der Waals surface area contributed by atoms with E-state index in [0.29, 0.717) is 5.69 Å². The lowest BCUT2D eigenvalue weighted by Gasteiger charge is -2.25. The van der Waals surface area contributed by atoms with Gasteiger partial charge < -0.3 is 10.2 Å². The predicted octanol–water partition coefficient (Wildman–Crippen LogP) is 0.617. The SMILES string of the molecule is C[C@H](N[C@@H](C)C(=O)N(CC(=O)O)c1ccsc1)C(=O)O. The normalized spacial score (nSPS) is 13.5. The van der Waals surface area contributed by atoms with Crippen molar-refractivity contribution in [3.05, 3.63) is 16.8 Å². The van der Waals surface area contributed by atoms with E-state index in [1.54, 1.807) is 16.8 Å². The molecule has 1 amide bonds. The standard InChI is InChI=1S/C12H16N2O5S/c1-7(13-8(2)12(18)19)11(17)14(5-10(15)16)9-3-4-20-6-9/h3-4,6-8,13H,5H2,1-2H3,(H,15,16)(H,18,19)/t7-,8-/m0/s1. The van der Waals surface area contributed by atoms with Gasteiger partial charge in [0.25, 0.3) is 0 Å². The van der Waals surface area contributed by atoms with E-state index in [2.05, 4.69) is 5.32 Å². The van der Waals surface area contributed by atoms with Crippen molar-refractivity contribution in [1.82, 2.24) is 5.32 Å². The number of hydrogen-bond acceptors (Lipinski definition) is 5. The van der Waals surface area contributed by atoms with Gasteiger partial charge in [0.15, 0.2) is 0 Å². The van der Waals surface area contributed by atoms with Crippen molar-refractivity contribution >= 4 is 34.9 Å². The van der Waals surface area contributed by atoms with Crippen LogP contribution in [0.4, 0.5) is 5.69 Å². The van der Waals surface area contributed by atoms with Gasteiger partial charge in [-0.05, 0) is 25.3 Å². The van der Waals surface area contributed by atoms with Crippen molar-refractivity contribution in [2.24, 2.45) is 0 Å². The number of rotatable bonds is 7. The molecule has 0 aliphatic heterocycles. The molecule has 3 N–H and O–H groups in total. The largest absolute Gasteiger partial charge is 0.480 e. The molecule has 0 aliphatic carbocycles. The lowest BCUT2D eigenvalue weighted by atomic mass is 10.2. The first-order chi connectivity index (χ1) is 9.32. The van der Waals surface area contributed by atoms with Crippen LogP contribution in [0.1, 0.15) is 13.8 Å². The van der Waals surface area contributed by atoms with Crippen molar-refractivity contribution in [2.45, 2.75) is 25.9 Å². The van der Waals surface area contributed by atoms with Gasteiger partial charge in [0.2, 0.25) is 5.91 Å². The van der Waals surface area contributed by atoms with Crippen LogP contribution in [0.3, 0.4) is 0 Å². The highest BCUT2D eigenvalue weighted by atomic mass is 32.1. The number of carboxylic acids is 2. The summed E-state index contributed by atoms with van der Waals surface area (Å²) < 4.78 is 0. The van der Waals surface area contributed by atoms with Crippen LogP contribution < -0.4 is 10.2 Å². The average molecular weight is 300 g/mol. The smallest absolute Gasteiger partial charge is 0.323 e. The van der Waals surface area contributed by atoms with Crippen LogP contribution in [0.5, 0.6) is 0 Å². The minimum atomic E-state index is -1.14. The zero-order chi connectivity index (χ0) is 15.3. The van der Waals surface area contributed by atoms with Gasteiger partial charge >= 0.3 is 11.9 Å². The Morgan fingerprint density at radius 2 is 1.95 bits per heavy atom. The molecule has 0 aliphatic rings. The van der Waals surface area contributed by atoms with Crippen LogP contribution in [-0.4, -0.2) is 46.7 Å². The summed E-state index contributed by atoms with van der Waals surface area (Å²) in [7, 11) is 0. The second kappa shape index (κ2) is 7.01. The third-order valence-electron chi connectivity index (χ3n) is 2.62. The van der Waals surface area contributed by atoms with Gasteiger partial charge in [-0.2, -0.15) is 11.3 Å². The predicted molar refractivity (Wildman–Crippen MR) is 74.0 cm³/mol. The second-order valence-corrected chi connectivity index (χ2v) is 5.03. The molecule has 1 rings (SSSR count). The number of carboxylic acid groups (broad SMARTS) is 2. The van der Waals surface area contributed by atoms with Gasteiger partial charge in [-0.15, -0.1) is 0 Å². The fourth-order valence-electron chi connectivity index (χ4n) is 1.59. The number of carbonyl (C=O) groups excluding carboxylic acids is 1. The Balaban J connectivity index is 2.83. The minimum Gasteiger partial charge on any atom is -0.480 e. The first kappa shape index (κ1) is 16.1. The molecule has 0 unspecified atom stereocenters. The average Bonchev–Trinajstić information content (AvgIpc) is 2.88. The van der Waals surface area contributed by atoms with Gasteiger partial charge in [-0.3, -0.25) is 24.6 Å². The number of thiophene rings is 1. The lowest BCUT2D eigenvalue weighted by molar-refractivity contribution is -0.140. The molecule has 7 nitrogen and oxygen atoms in total. The molecule has 0 saturated carbocycles. The summed E-state index contributed by atoms with van der Waals surface area (Å²) in [6.45, 7) is 2.45. The van der Waals surface area contributed by atoms with Gasteiger partial charge in [0.1, 0.15) is 12.6 Å². The molecule has 8 heteroatoms. The van der Waals surface area contributed by atoms with E-state index in [0.717, 1.165) is 4.90 Å². The first-order valence-electron chi connectivity index (χ1n) is 5.87. The van der Waals surface area contributed by atoms with Crippen molar-refractivity contribution in [3.8, 4) is 0 Å². The van der Waals surface area contributed by atoms with Crippen LogP contribution in [-0.2, 0) is 14.4 Å². The Morgan fingerprint density at radius 1 is 1.30 bits per heavy atom. The third kappa shape index (κ3) is 4.32. The van der Waals surface area contributed by atoms with Gasteiger partial charge in [-0.1, -0.05) is 0 Å². The number of anilines is 1. The number of carbonyl (C=O) groups is 3. The molecule has 0 spiro atoms. The molecule has 20 heavy (non-hydrogen) atoms. The van der Waals surface area contributed by atoms with Gasteiger partial charge in [-0.25, -0.2) is 0 Å². The maximum absolute atomic E-state index is 12.2. The van der Waals surface area contributed by atoms with Crippen molar-refractivity contribution in [2.75, 3.05) is 11.4 Å². The summed E-state index contributed by atoms with van der Waals surface area (Å²) in [5.74, 6) is -2.70. The Labute approximate surface area is 119 Å². The summed E-state index contributed by atoms with van der Waals surface area (Å²) in [5, 5.41) is 23.7. The molecule has 0 aromatic carbocycles. The monoisotopic (exact) mass is 300 g/mol. The van der Waals surface area contributed by atoms with E-state index < -0.39 is 36.5 Å². The van der Waals surface area contributed by atoms with E-state index in [4.69, 9.17) is 10.2 Å². The van der Waals surface area contributed by atoms with Gasteiger partial charge in [0.05, 0.1) is 11.7 Å². The Morgan fingerprint density at radius 3 is 2.40 bits per heavy atom. The highest BCUT2D eigenvalue weighted by Gasteiger charge is 2.26. The van der Waals surface area contributed by atoms with E-state index in [1.165, 1.54) is 25.2 Å². The zero-order valence-corrected chi connectivity index (χ0v) is 11.9. The summed E-state index contributed by atoms with van der Waals surface area (Å²) in [5.41, 5.74) is 0.485. The fraction of sp³-hybridized carbons (Fsp3) is 0.417. The molecular formula is C12H16N2O5S. The fourth-order valence-corrected chi connectivity index (χ4v) is 2.24. The topological polar surface area (TPSA) is 107 Å².